The molecule has 1 saturated carbocycles. The van der Waals surface area contributed by atoms with E-state index in [4.69, 9.17) is 27.9 Å². The molecule has 1 aliphatic heterocycles. The maximum Gasteiger partial charge on any atom is 0.206 e. The van der Waals surface area contributed by atoms with Gasteiger partial charge in [0, 0.05) is 6.04 Å². The zero-order valence-electron chi connectivity index (χ0n) is 14.7. The lowest BCUT2D eigenvalue weighted by atomic mass is 9.96. The number of aromatic nitrogens is 2. The Morgan fingerprint density at radius 2 is 1.81 bits per heavy atom. The number of aliphatic hydroxyl groups is 3. The summed E-state index contributed by atoms with van der Waals surface area (Å²) in [7, 11) is 0. The van der Waals surface area contributed by atoms with Crippen molar-refractivity contribution < 1.29 is 20.1 Å². The summed E-state index contributed by atoms with van der Waals surface area (Å²) in [4.78, 5) is 4.64. The first-order chi connectivity index (χ1) is 13.0. The Kier molecular flexibility index (Phi) is 5.51. The predicted octanol–water partition coefficient (Wildman–Crippen LogP) is 2.70. The zero-order chi connectivity index (χ0) is 19.1. The van der Waals surface area contributed by atoms with E-state index in [1.807, 2.05) is 0 Å². The van der Waals surface area contributed by atoms with Crippen LogP contribution in [-0.2, 0) is 4.74 Å². The van der Waals surface area contributed by atoms with Crippen LogP contribution in [0.5, 0.6) is 0 Å². The molecule has 4 rings (SSSR count). The number of aliphatic hydroxyl groups excluding tert-OH is 3. The highest BCUT2D eigenvalue weighted by atomic mass is 35.5. The summed E-state index contributed by atoms with van der Waals surface area (Å²) in [6, 6.07) is 3.62. The Hall–Kier alpha value is -1.09. The molecule has 1 saturated heterocycles. The average molecular weight is 416 g/mol. The lowest BCUT2D eigenvalue weighted by Crippen LogP contribution is -2.33. The van der Waals surface area contributed by atoms with Crippen molar-refractivity contribution >= 4 is 40.2 Å². The standard InChI is InChI=1S/C18H23Cl2N3O4/c19-10-6-12-13(7-11(10)20)23(17-16(26)15(25)14(8-24)27-17)18(22-12)21-9-4-2-1-3-5-9/h6-7,9,14-17,24-26H,1-5,8H2,(H,21,22)/t14-,15-,16-,17-/m1/s1. The summed E-state index contributed by atoms with van der Waals surface area (Å²) in [6.45, 7) is -0.390. The van der Waals surface area contributed by atoms with E-state index in [1.165, 1.54) is 6.42 Å². The van der Waals surface area contributed by atoms with Crippen molar-refractivity contribution in [3.8, 4) is 0 Å². The van der Waals surface area contributed by atoms with Gasteiger partial charge in [-0.2, -0.15) is 0 Å². The Balaban J connectivity index is 1.78. The van der Waals surface area contributed by atoms with Gasteiger partial charge in [-0.1, -0.05) is 42.5 Å². The minimum Gasteiger partial charge on any atom is -0.394 e. The van der Waals surface area contributed by atoms with Gasteiger partial charge in [0.1, 0.15) is 18.3 Å². The van der Waals surface area contributed by atoms with Gasteiger partial charge in [0.2, 0.25) is 5.95 Å². The molecule has 2 aliphatic rings. The van der Waals surface area contributed by atoms with Crippen molar-refractivity contribution in [3.63, 3.8) is 0 Å². The van der Waals surface area contributed by atoms with Crippen LogP contribution in [0.25, 0.3) is 11.0 Å². The van der Waals surface area contributed by atoms with E-state index < -0.39 is 24.5 Å². The molecule has 0 spiro atoms. The van der Waals surface area contributed by atoms with Gasteiger partial charge in [0.15, 0.2) is 6.23 Å². The summed E-state index contributed by atoms with van der Waals surface area (Å²) < 4.78 is 7.45. The van der Waals surface area contributed by atoms with Crippen molar-refractivity contribution in [3.05, 3.63) is 22.2 Å². The molecule has 1 aromatic carbocycles. The lowest BCUT2D eigenvalue weighted by Gasteiger charge is -2.26. The Morgan fingerprint density at radius 1 is 1.11 bits per heavy atom. The van der Waals surface area contributed by atoms with Crippen molar-refractivity contribution in [1.82, 2.24) is 9.55 Å². The Labute approximate surface area is 166 Å². The highest BCUT2D eigenvalue weighted by Gasteiger charge is 2.44. The van der Waals surface area contributed by atoms with Gasteiger partial charge < -0.3 is 25.4 Å². The number of nitrogens with one attached hydrogen (secondary N) is 1. The number of anilines is 1. The molecule has 2 aromatic rings. The van der Waals surface area contributed by atoms with Gasteiger partial charge in [-0.05, 0) is 25.0 Å². The van der Waals surface area contributed by atoms with E-state index in [1.54, 1.807) is 16.7 Å². The fourth-order valence-electron chi connectivity index (χ4n) is 3.97. The lowest BCUT2D eigenvalue weighted by molar-refractivity contribution is -0.0499. The molecule has 1 aromatic heterocycles. The fourth-order valence-corrected chi connectivity index (χ4v) is 4.29. The summed E-state index contributed by atoms with van der Waals surface area (Å²) in [5.41, 5.74) is 1.25. The van der Waals surface area contributed by atoms with Crippen molar-refractivity contribution in [2.75, 3.05) is 11.9 Å². The highest BCUT2D eigenvalue weighted by molar-refractivity contribution is 6.42. The van der Waals surface area contributed by atoms with E-state index in [-0.39, 0.29) is 12.6 Å². The molecular weight excluding hydrogens is 393 g/mol. The molecule has 4 N–H and O–H groups in total. The minimum absolute atomic E-state index is 0.275. The van der Waals surface area contributed by atoms with Crippen LogP contribution < -0.4 is 5.32 Å². The second-order valence-corrected chi connectivity index (χ2v) is 8.08. The first kappa shape index (κ1) is 19.2. The topological polar surface area (TPSA) is 99.8 Å². The molecule has 2 fully saturated rings. The quantitative estimate of drug-likeness (QED) is 0.612. The molecular formula is C18H23Cl2N3O4. The van der Waals surface area contributed by atoms with Crippen LogP contribution in [0.4, 0.5) is 5.95 Å². The fraction of sp³-hybridized carbons (Fsp3) is 0.611. The van der Waals surface area contributed by atoms with Crippen LogP contribution in [-0.4, -0.2) is 55.8 Å². The normalized spacial score (nSPS) is 29.5. The molecule has 7 nitrogen and oxygen atoms in total. The SMILES string of the molecule is OC[C@H]1O[C@@H](n2c(NC3CCCCC3)nc3cc(Cl)c(Cl)cc32)[C@H](O)[C@@H]1O. The van der Waals surface area contributed by atoms with Crippen molar-refractivity contribution in [2.45, 2.75) is 62.7 Å². The number of halogens is 2. The average Bonchev–Trinajstić information content (AvgIpc) is 3.13. The van der Waals surface area contributed by atoms with E-state index in [2.05, 4.69) is 10.3 Å². The van der Waals surface area contributed by atoms with Gasteiger partial charge >= 0.3 is 0 Å². The Bertz CT molecular complexity index is 825. The number of hydrogen-bond donors (Lipinski definition) is 4. The molecule has 2 heterocycles. The van der Waals surface area contributed by atoms with E-state index >= 15 is 0 Å². The first-order valence-corrected chi connectivity index (χ1v) is 10.0. The summed E-state index contributed by atoms with van der Waals surface area (Å²) in [6.07, 6.45) is 1.46. The van der Waals surface area contributed by atoms with Gasteiger partial charge in [-0.15, -0.1) is 0 Å². The van der Waals surface area contributed by atoms with Gasteiger partial charge in [-0.25, -0.2) is 4.98 Å². The van der Waals surface area contributed by atoms with Crippen LogP contribution in [0.3, 0.4) is 0 Å². The number of imidazole rings is 1. The molecule has 0 amide bonds. The number of rotatable bonds is 4. The maximum atomic E-state index is 10.5. The molecule has 0 unspecified atom stereocenters. The summed E-state index contributed by atoms with van der Waals surface area (Å²) in [5, 5.41) is 34.3. The Morgan fingerprint density at radius 3 is 2.48 bits per heavy atom. The molecule has 27 heavy (non-hydrogen) atoms. The summed E-state index contributed by atoms with van der Waals surface area (Å²) in [5.74, 6) is 0.532. The largest absolute Gasteiger partial charge is 0.394 e. The molecule has 148 valence electrons. The third-order valence-electron chi connectivity index (χ3n) is 5.44. The minimum atomic E-state index is -1.21. The van der Waals surface area contributed by atoms with Crippen LogP contribution in [0.1, 0.15) is 38.3 Å². The number of fused-ring (bicyclic) bond motifs is 1. The predicted molar refractivity (Wildman–Crippen MR) is 103 cm³/mol. The second-order valence-electron chi connectivity index (χ2n) is 7.27. The maximum absolute atomic E-state index is 10.5. The number of hydrogen-bond acceptors (Lipinski definition) is 6. The zero-order valence-corrected chi connectivity index (χ0v) is 16.2. The van der Waals surface area contributed by atoms with Gasteiger partial charge in [-0.3, -0.25) is 4.57 Å². The molecule has 0 radical (unpaired) electrons. The van der Waals surface area contributed by atoms with E-state index in [0.717, 1.165) is 25.7 Å². The van der Waals surface area contributed by atoms with E-state index in [9.17, 15) is 15.3 Å². The molecule has 0 bridgehead atoms. The molecule has 4 atom stereocenters. The van der Waals surface area contributed by atoms with Crippen LogP contribution >= 0.6 is 23.2 Å². The number of ether oxygens (including phenoxy) is 1. The molecule has 9 heteroatoms. The smallest absolute Gasteiger partial charge is 0.206 e. The van der Waals surface area contributed by atoms with Gasteiger partial charge in [0.25, 0.3) is 0 Å². The van der Waals surface area contributed by atoms with Crippen LogP contribution in [0.15, 0.2) is 12.1 Å². The van der Waals surface area contributed by atoms with Crippen molar-refractivity contribution in [2.24, 2.45) is 0 Å². The first-order valence-electron chi connectivity index (χ1n) is 9.25. The third-order valence-corrected chi connectivity index (χ3v) is 6.16. The van der Waals surface area contributed by atoms with Gasteiger partial charge in [0.05, 0.1) is 27.7 Å². The van der Waals surface area contributed by atoms with Crippen molar-refractivity contribution in [1.29, 1.82) is 0 Å². The second kappa shape index (κ2) is 7.73. The summed E-state index contributed by atoms with van der Waals surface area (Å²) >= 11 is 12.3. The molecule has 1 aliphatic carbocycles. The number of benzene rings is 1. The van der Waals surface area contributed by atoms with Crippen LogP contribution in [0, 0.1) is 0 Å². The highest BCUT2D eigenvalue weighted by Crippen LogP contribution is 2.38. The van der Waals surface area contributed by atoms with Crippen LogP contribution in [0.2, 0.25) is 10.0 Å². The third kappa shape index (κ3) is 3.52. The monoisotopic (exact) mass is 415 g/mol. The number of nitrogens with zero attached hydrogens (tertiary/aromatic N) is 2. The van der Waals surface area contributed by atoms with E-state index in [0.29, 0.717) is 27.0 Å².